The van der Waals surface area contributed by atoms with E-state index in [1.807, 2.05) is 0 Å². The zero-order chi connectivity index (χ0) is 8.74. The van der Waals surface area contributed by atoms with Gasteiger partial charge in [0.1, 0.15) is 0 Å². The van der Waals surface area contributed by atoms with Gasteiger partial charge in [0.15, 0.2) is 0 Å². The maximum absolute atomic E-state index is 5.68. The molecule has 68 valence electrons. The van der Waals surface area contributed by atoms with Gasteiger partial charge in [-0.1, -0.05) is 6.92 Å². The predicted octanol–water partition coefficient (Wildman–Crippen LogP) is 0.0391. The minimum atomic E-state index is 0.212. The summed E-state index contributed by atoms with van der Waals surface area (Å²) in [7, 11) is 0. The molecule has 0 saturated carbocycles. The highest BCUT2D eigenvalue weighted by atomic mass is 14.6. The van der Waals surface area contributed by atoms with Crippen LogP contribution in [-0.2, 0) is 0 Å². The van der Waals surface area contributed by atoms with E-state index in [1.165, 1.54) is 0 Å². The number of nitrogens with two attached hydrogens (primary N) is 3. The Morgan fingerprint density at radius 2 is 1.45 bits per heavy atom. The van der Waals surface area contributed by atoms with Crippen molar-refractivity contribution in [1.29, 1.82) is 0 Å². The fraction of sp³-hybridized carbons (Fsp3) is 1.00. The van der Waals surface area contributed by atoms with Gasteiger partial charge in [0, 0.05) is 0 Å². The summed E-state index contributed by atoms with van der Waals surface area (Å²) in [5.74, 6) is 0. The standard InChI is InChI=1S/C8H21N3/c1-2-8(7-11,3-5-9)4-6-10/h2-7,9-11H2,1H3. The van der Waals surface area contributed by atoms with Gasteiger partial charge in [0.05, 0.1) is 0 Å². The molecule has 0 aliphatic heterocycles. The molecule has 0 amide bonds. The summed E-state index contributed by atoms with van der Waals surface area (Å²) in [5, 5.41) is 0. The molecule has 0 aromatic heterocycles. The fourth-order valence-electron chi connectivity index (χ4n) is 1.44. The Labute approximate surface area is 69.3 Å². The molecule has 0 fully saturated rings. The van der Waals surface area contributed by atoms with Gasteiger partial charge < -0.3 is 17.2 Å². The van der Waals surface area contributed by atoms with E-state index in [2.05, 4.69) is 6.92 Å². The molecule has 0 atom stereocenters. The van der Waals surface area contributed by atoms with Gasteiger partial charge in [0.2, 0.25) is 0 Å². The Balaban J connectivity index is 3.96. The average Bonchev–Trinajstić information content (AvgIpc) is 2.04. The van der Waals surface area contributed by atoms with E-state index in [9.17, 15) is 0 Å². The molecule has 0 aliphatic carbocycles. The summed E-state index contributed by atoms with van der Waals surface area (Å²) >= 11 is 0. The Hall–Kier alpha value is -0.120. The molecule has 0 bridgehead atoms. The van der Waals surface area contributed by atoms with Crippen molar-refractivity contribution in [3.05, 3.63) is 0 Å². The van der Waals surface area contributed by atoms with E-state index in [-0.39, 0.29) is 5.41 Å². The maximum atomic E-state index is 5.68. The molecule has 0 saturated heterocycles. The van der Waals surface area contributed by atoms with Crippen LogP contribution in [0.25, 0.3) is 0 Å². The van der Waals surface area contributed by atoms with Gasteiger partial charge in [-0.2, -0.15) is 0 Å². The molecule has 0 aromatic carbocycles. The van der Waals surface area contributed by atoms with E-state index in [0.29, 0.717) is 19.6 Å². The van der Waals surface area contributed by atoms with Crippen molar-refractivity contribution >= 4 is 0 Å². The second-order valence-electron chi connectivity index (χ2n) is 3.14. The van der Waals surface area contributed by atoms with Gasteiger partial charge in [-0.25, -0.2) is 0 Å². The molecule has 6 N–H and O–H groups in total. The van der Waals surface area contributed by atoms with Crippen LogP contribution < -0.4 is 17.2 Å². The van der Waals surface area contributed by atoms with Crippen molar-refractivity contribution in [1.82, 2.24) is 0 Å². The van der Waals surface area contributed by atoms with Crippen molar-refractivity contribution in [3.63, 3.8) is 0 Å². The average molecular weight is 159 g/mol. The summed E-state index contributed by atoms with van der Waals surface area (Å²) < 4.78 is 0. The van der Waals surface area contributed by atoms with Crippen molar-refractivity contribution < 1.29 is 0 Å². The Morgan fingerprint density at radius 1 is 1.00 bits per heavy atom. The van der Waals surface area contributed by atoms with Gasteiger partial charge >= 0.3 is 0 Å². The van der Waals surface area contributed by atoms with E-state index in [1.54, 1.807) is 0 Å². The molecule has 0 aromatic rings. The zero-order valence-corrected chi connectivity index (χ0v) is 7.47. The molecular formula is C8H21N3. The monoisotopic (exact) mass is 159 g/mol. The number of hydrogen-bond donors (Lipinski definition) is 3. The summed E-state index contributed by atoms with van der Waals surface area (Å²) in [6.07, 6.45) is 3.08. The Morgan fingerprint density at radius 3 is 1.64 bits per heavy atom. The maximum Gasteiger partial charge on any atom is -0.00197 e. The molecule has 11 heavy (non-hydrogen) atoms. The molecule has 0 rings (SSSR count). The SMILES string of the molecule is CCC(CN)(CCN)CCN. The minimum absolute atomic E-state index is 0.212. The van der Waals surface area contributed by atoms with Gasteiger partial charge in [-0.15, -0.1) is 0 Å². The lowest BCUT2D eigenvalue weighted by atomic mass is 9.79. The lowest BCUT2D eigenvalue weighted by Gasteiger charge is -2.30. The minimum Gasteiger partial charge on any atom is -0.330 e. The predicted molar refractivity (Wildman–Crippen MR) is 49.1 cm³/mol. The van der Waals surface area contributed by atoms with Crippen molar-refractivity contribution in [2.24, 2.45) is 22.6 Å². The molecule has 0 heterocycles. The summed E-state index contributed by atoms with van der Waals surface area (Å²) in [4.78, 5) is 0. The van der Waals surface area contributed by atoms with Crippen LogP contribution in [0.5, 0.6) is 0 Å². The van der Waals surface area contributed by atoms with Crippen LogP contribution in [0, 0.1) is 5.41 Å². The van der Waals surface area contributed by atoms with Crippen LogP contribution in [0.2, 0.25) is 0 Å². The van der Waals surface area contributed by atoms with E-state index < -0.39 is 0 Å². The van der Waals surface area contributed by atoms with Crippen molar-refractivity contribution in [2.45, 2.75) is 26.2 Å². The Kier molecular flexibility index (Phi) is 5.46. The second-order valence-corrected chi connectivity index (χ2v) is 3.14. The molecule has 0 aliphatic rings. The highest BCUT2D eigenvalue weighted by molar-refractivity contribution is 4.79. The lowest BCUT2D eigenvalue weighted by Crippen LogP contribution is -2.34. The van der Waals surface area contributed by atoms with Crippen molar-refractivity contribution in [3.8, 4) is 0 Å². The molecule has 3 heteroatoms. The first-order chi connectivity index (χ1) is 5.24. The topological polar surface area (TPSA) is 78.1 Å². The lowest BCUT2D eigenvalue weighted by molar-refractivity contribution is 0.248. The largest absolute Gasteiger partial charge is 0.330 e. The Bertz CT molecular complexity index is 81.3. The molecular weight excluding hydrogens is 138 g/mol. The summed E-state index contributed by atoms with van der Waals surface area (Å²) in [6, 6.07) is 0. The van der Waals surface area contributed by atoms with Gasteiger partial charge in [-0.3, -0.25) is 0 Å². The quantitative estimate of drug-likeness (QED) is 0.512. The number of hydrogen-bond acceptors (Lipinski definition) is 3. The van der Waals surface area contributed by atoms with Crippen LogP contribution >= 0.6 is 0 Å². The van der Waals surface area contributed by atoms with Crippen LogP contribution in [0.3, 0.4) is 0 Å². The highest BCUT2D eigenvalue weighted by Gasteiger charge is 2.24. The smallest absolute Gasteiger partial charge is 0.00197 e. The third-order valence-electron chi connectivity index (χ3n) is 2.53. The van der Waals surface area contributed by atoms with Crippen molar-refractivity contribution in [2.75, 3.05) is 19.6 Å². The van der Waals surface area contributed by atoms with Crippen LogP contribution in [0.4, 0.5) is 0 Å². The molecule has 0 unspecified atom stereocenters. The van der Waals surface area contributed by atoms with Gasteiger partial charge in [0.25, 0.3) is 0 Å². The highest BCUT2D eigenvalue weighted by Crippen LogP contribution is 2.27. The third kappa shape index (κ3) is 3.18. The number of rotatable bonds is 6. The fourth-order valence-corrected chi connectivity index (χ4v) is 1.44. The second kappa shape index (κ2) is 5.52. The first kappa shape index (κ1) is 10.9. The normalized spacial score (nSPS) is 12.0. The third-order valence-corrected chi connectivity index (χ3v) is 2.53. The molecule has 3 nitrogen and oxygen atoms in total. The molecule has 0 radical (unpaired) electrons. The van der Waals surface area contributed by atoms with Crippen LogP contribution in [0.1, 0.15) is 26.2 Å². The van der Waals surface area contributed by atoms with Crippen LogP contribution in [-0.4, -0.2) is 19.6 Å². The summed E-state index contributed by atoms with van der Waals surface area (Å²) in [6.45, 7) is 4.28. The van der Waals surface area contributed by atoms with Gasteiger partial charge in [-0.05, 0) is 44.3 Å². The summed E-state index contributed by atoms with van der Waals surface area (Å²) in [5.41, 5.74) is 16.9. The van der Waals surface area contributed by atoms with E-state index in [4.69, 9.17) is 17.2 Å². The zero-order valence-electron chi connectivity index (χ0n) is 7.47. The van der Waals surface area contributed by atoms with Crippen LogP contribution in [0.15, 0.2) is 0 Å². The van der Waals surface area contributed by atoms with E-state index in [0.717, 1.165) is 19.3 Å². The first-order valence-corrected chi connectivity index (χ1v) is 4.35. The van der Waals surface area contributed by atoms with E-state index >= 15 is 0 Å². The molecule has 0 spiro atoms. The first-order valence-electron chi connectivity index (χ1n) is 4.35.